The lowest BCUT2D eigenvalue weighted by Crippen LogP contribution is -2.09. The summed E-state index contributed by atoms with van der Waals surface area (Å²) in [5.74, 6) is 1.38. The fourth-order valence-electron chi connectivity index (χ4n) is 2.54. The normalized spacial score (nSPS) is 19.3. The van der Waals surface area contributed by atoms with Gasteiger partial charge in [0.25, 0.3) is 0 Å². The van der Waals surface area contributed by atoms with Crippen molar-refractivity contribution in [2.75, 3.05) is 13.2 Å². The zero-order valence-corrected chi connectivity index (χ0v) is 10.8. The zero-order valence-electron chi connectivity index (χ0n) is 10.8. The van der Waals surface area contributed by atoms with Crippen LogP contribution in [-0.2, 0) is 4.74 Å². The van der Waals surface area contributed by atoms with E-state index in [-0.39, 0.29) is 0 Å². The molecule has 1 fully saturated rings. The molecule has 1 aliphatic heterocycles. The van der Waals surface area contributed by atoms with E-state index in [0.29, 0.717) is 5.92 Å². The van der Waals surface area contributed by atoms with Gasteiger partial charge >= 0.3 is 0 Å². The number of aromatic nitrogens is 3. The molecule has 0 saturated carbocycles. The highest BCUT2D eigenvalue weighted by molar-refractivity contribution is 5.39. The van der Waals surface area contributed by atoms with Gasteiger partial charge in [0, 0.05) is 12.5 Å². The lowest BCUT2D eigenvalue weighted by atomic mass is 10.1. The maximum absolute atomic E-state index is 5.44. The standard InChI is InChI=1S/C14H17N3O/c1-10-5-11(2)7-13(6-10)17-14(15-9-16-17)12-3-4-18-8-12/h5-7,9,12H,3-4,8H2,1-2H3/t12-/m1/s1. The van der Waals surface area contributed by atoms with E-state index in [1.807, 2.05) is 4.68 Å². The third kappa shape index (κ3) is 2.04. The minimum absolute atomic E-state index is 0.369. The van der Waals surface area contributed by atoms with Gasteiger partial charge in [0.1, 0.15) is 12.2 Å². The van der Waals surface area contributed by atoms with Gasteiger partial charge in [0.05, 0.1) is 12.3 Å². The molecule has 0 aliphatic carbocycles. The van der Waals surface area contributed by atoms with Crippen LogP contribution in [0.1, 0.15) is 29.3 Å². The first-order valence-corrected chi connectivity index (χ1v) is 6.30. The highest BCUT2D eigenvalue weighted by Gasteiger charge is 2.23. The van der Waals surface area contributed by atoms with E-state index < -0.39 is 0 Å². The van der Waals surface area contributed by atoms with Crippen molar-refractivity contribution < 1.29 is 4.74 Å². The maximum Gasteiger partial charge on any atom is 0.138 e. The Hall–Kier alpha value is -1.68. The summed E-state index contributed by atoms with van der Waals surface area (Å²) in [7, 11) is 0. The first kappa shape index (κ1) is 11.4. The summed E-state index contributed by atoms with van der Waals surface area (Å²) in [6.45, 7) is 5.78. The molecule has 4 heteroatoms. The van der Waals surface area contributed by atoms with Crippen molar-refractivity contribution in [3.63, 3.8) is 0 Å². The molecule has 0 bridgehead atoms. The zero-order chi connectivity index (χ0) is 12.5. The monoisotopic (exact) mass is 243 g/mol. The number of hydrogen-bond donors (Lipinski definition) is 0. The van der Waals surface area contributed by atoms with Gasteiger partial charge in [0.2, 0.25) is 0 Å². The van der Waals surface area contributed by atoms with E-state index in [1.165, 1.54) is 11.1 Å². The second-order valence-electron chi connectivity index (χ2n) is 4.94. The van der Waals surface area contributed by atoms with Gasteiger partial charge in [-0.2, -0.15) is 5.10 Å². The Bertz CT molecular complexity index is 536. The highest BCUT2D eigenvalue weighted by Crippen LogP contribution is 2.25. The van der Waals surface area contributed by atoms with Crippen LogP contribution in [0.4, 0.5) is 0 Å². The van der Waals surface area contributed by atoms with Crippen molar-refractivity contribution in [3.8, 4) is 5.69 Å². The molecular formula is C14H17N3O. The van der Waals surface area contributed by atoms with Crippen LogP contribution >= 0.6 is 0 Å². The molecule has 3 rings (SSSR count). The average Bonchev–Trinajstić information content (AvgIpc) is 2.98. The summed E-state index contributed by atoms with van der Waals surface area (Å²) >= 11 is 0. The van der Waals surface area contributed by atoms with E-state index in [2.05, 4.69) is 42.1 Å². The summed E-state index contributed by atoms with van der Waals surface area (Å²) in [5.41, 5.74) is 3.58. The quantitative estimate of drug-likeness (QED) is 0.813. The Morgan fingerprint density at radius 2 is 2.00 bits per heavy atom. The summed E-state index contributed by atoms with van der Waals surface area (Å²) < 4.78 is 7.38. The maximum atomic E-state index is 5.44. The molecule has 1 atom stereocenters. The van der Waals surface area contributed by atoms with Crippen molar-refractivity contribution in [2.24, 2.45) is 0 Å². The molecule has 1 aliphatic rings. The first-order chi connectivity index (χ1) is 8.74. The number of nitrogens with zero attached hydrogens (tertiary/aromatic N) is 3. The van der Waals surface area contributed by atoms with Gasteiger partial charge < -0.3 is 4.74 Å². The molecule has 1 aromatic heterocycles. The minimum atomic E-state index is 0.369. The summed E-state index contributed by atoms with van der Waals surface area (Å²) in [6.07, 6.45) is 2.66. The Balaban J connectivity index is 2.03. The van der Waals surface area contributed by atoms with E-state index in [9.17, 15) is 0 Å². The van der Waals surface area contributed by atoms with Gasteiger partial charge in [-0.15, -0.1) is 0 Å². The molecule has 0 spiro atoms. The lowest BCUT2D eigenvalue weighted by molar-refractivity contribution is 0.193. The van der Waals surface area contributed by atoms with Crippen LogP contribution < -0.4 is 0 Å². The van der Waals surface area contributed by atoms with Crippen molar-refractivity contribution in [1.82, 2.24) is 14.8 Å². The third-order valence-electron chi connectivity index (χ3n) is 3.32. The van der Waals surface area contributed by atoms with Crippen LogP contribution in [0.25, 0.3) is 5.69 Å². The van der Waals surface area contributed by atoms with Gasteiger partial charge in [-0.05, 0) is 43.5 Å². The SMILES string of the molecule is Cc1cc(C)cc(-n2ncnc2[C@@H]2CCOC2)c1. The van der Waals surface area contributed by atoms with Gasteiger partial charge in [0.15, 0.2) is 0 Å². The van der Waals surface area contributed by atoms with Crippen LogP contribution in [0.15, 0.2) is 24.5 Å². The number of hydrogen-bond acceptors (Lipinski definition) is 3. The summed E-state index contributed by atoms with van der Waals surface area (Å²) in [4.78, 5) is 4.41. The van der Waals surface area contributed by atoms with Crippen LogP contribution in [-0.4, -0.2) is 28.0 Å². The molecule has 94 valence electrons. The molecule has 0 amide bonds. The Labute approximate surface area is 107 Å². The second kappa shape index (κ2) is 4.53. The van der Waals surface area contributed by atoms with Gasteiger partial charge in [-0.25, -0.2) is 9.67 Å². The minimum Gasteiger partial charge on any atom is -0.381 e. The Morgan fingerprint density at radius 3 is 2.67 bits per heavy atom. The van der Waals surface area contributed by atoms with Crippen molar-refractivity contribution in [1.29, 1.82) is 0 Å². The fraction of sp³-hybridized carbons (Fsp3) is 0.429. The number of aryl methyl sites for hydroxylation is 2. The van der Waals surface area contributed by atoms with Crippen LogP contribution in [0.5, 0.6) is 0 Å². The predicted octanol–water partition coefficient (Wildman–Crippen LogP) is 2.39. The predicted molar refractivity (Wildman–Crippen MR) is 69.0 cm³/mol. The molecule has 0 unspecified atom stereocenters. The van der Waals surface area contributed by atoms with E-state index in [4.69, 9.17) is 4.74 Å². The van der Waals surface area contributed by atoms with Crippen LogP contribution in [0.3, 0.4) is 0 Å². The van der Waals surface area contributed by atoms with E-state index >= 15 is 0 Å². The molecule has 18 heavy (non-hydrogen) atoms. The van der Waals surface area contributed by atoms with Gasteiger partial charge in [-0.3, -0.25) is 0 Å². The molecule has 2 heterocycles. The molecule has 1 saturated heterocycles. The first-order valence-electron chi connectivity index (χ1n) is 6.30. The number of benzene rings is 1. The van der Waals surface area contributed by atoms with Crippen molar-refractivity contribution in [3.05, 3.63) is 41.5 Å². The Kier molecular flexibility index (Phi) is 2.88. The second-order valence-corrected chi connectivity index (χ2v) is 4.94. The Morgan fingerprint density at radius 1 is 1.22 bits per heavy atom. The summed E-state index contributed by atoms with van der Waals surface area (Å²) in [6, 6.07) is 6.45. The average molecular weight is 243 g/mol. The van der Waals surface area contributed by atoms with Crippen molar-refractivity contribution >= 4 is 0 Å². The fourth-order valence-corrected chi connectivity index (χ4v) is 2.54. The lowest BCUT2D eigenvalue weighted by Gasteiger charge is -2.11. The largest absolute Gasteiger partial charge is 0.381 e. The summed E-state index contributed by atoms with van der Waals surface area (Å²) in [5, 5.41) is 4.36. The molecule has 0 radical (unpaired) electrons. The molecule has 2 aromatic rings. The van der Waals surface area contributed by atoms with Crippen molar-refractivity contribution in [2.45, 2.75) is 26.2 Å². The van der Waals surface area contributed by atoms with E-state index in [1.54, 1.807) is 6.33 Å². The van der Waals surface area contributed by atoms with Crippen LogP contribution in [0.2, 0.25) is 0 Å². The topological polar surface area (TPSA) is 39.9 Å². The number of rotatable bonds is 2. The van der Waals surface area contributed by atoms with Gasteiger partial charge in [-0.1, -0.05) is 6.07 Å². The molecular weight excluding hydrogens is 226 g/mol. The molecule has 4 nitrogen and oxygen atoms in total. The smallest absolute Gasteiger partial charge is 0.138 e. The third-order valence-corrected chi connectivity index (χ3v) is 3.32. The highest BCUT2D eigenvalue weighted by atomic mass is 16.5. The molecule has 1 aromatic carbocycles. The van der Waals surface area contributed by atoms with Crippen LogP contribution in [0, 0.1) is 13.8 Å². The van der Waals surface area contributed by atoms with E-state index in [0.717, 1.165) is 31.1 Å². The molecule has 0 N–H and O–H groups in total. The number of ether oxygens (including phenoxy) is 1.